The molecule has 1 fully saturated rings. The lowest BCUT2D eigenvalue weighted by Gasteiger charge is -2.17. The lowest BCUT2D eigenvalue weighted by Crippen LogP contribution is -2.12. The van der Waals surface area contributed by atoms with Crippen molar-refractivity contribution in [3.63, 3.8) is 0 Å². The molecule has 0 amide bonds. The monoisotopic (exact) mass is 190 g/mol. The number of nitrogens with zero attached hydrogens (tertiary/aromatic N) is 2. The van der Waals surface area contributed by atoms with Crippen molar-refractivity contribution in [2.45, 2.75) is 57.4 Å². The molecule has 1 aromatic heterocycles. The summed E-state index contributed by atoms with van der Waals surface area (Å²) < 4.78 is 2.25. The van der Waals surface area contributed by atoms with Gasteiger partial charge in [0.25, 0.3) is 0 Å². The highest BCUT2D eigenvalue weighted by atomic mass is 15.3. The van der Waals surface area contributed by atoms with Crippen LogP contribution in [0.1, 0.15) is 55.7 Å². The Labute approximate surface area is 85.3 Å². The third-order valence-corrected chi connectivity index (χ3v) is 3.81. The van der Waals surface area contributed by atoms with E-state index in [-0.39, 0.29) is 0 Å². The van der Waals surface area contributed by atoms with E-state index in [0.29, 0.717) is 0 Å². The quantitative estimate of drug-likeness (QED) is 0.665. The molecule has 0 aromatic carbocycles. The van der Waals surface area contributed by atoms with Gasteiger partial charge in [-0.15, -0.1) is 0 Å². The molecule has 0 bridgehead atoms. The van der Waals surface area contributed by atoms with Crippen molar-refractivity contribution < 1.29 is 0 Å². The maximum atomic E-state index is 4.52. The Morgan fingerprint density at radius 1 is 1.14 bits per heavy atom. The maximum absolute atomic E-state index is 4.52. The van der Waals surface area contributed by atoms with Crippen molar-refractivity contribution in [3.8, 4) is 0 Å². The second-order valence-corrected chi connectivity index (χ2v) is 4.71. The molecule has 2 heterocycles. The molecule has 1 aliphatic heterocycles. The second kappa shape index (κ2) is 3.41. The smallest absolute Gasteiger partial charge is 0.0527 e. The van der Waals surface area contributed by atoms with Gasteiger partial charge in [0, 0.05) is 12.2 Å². The largest absolute Gasteiger partial charge is 0.269 e. The number of hydrogen-bond donors (Lipinski definition) is 0. The molecular formula is C12H18N2. The first-order chi connectivity index (χ1) is 6.95. The van der Waals surface area contributed by atoms with E-state index < -0.39 is 0 Å². The van der Waals surface area contributed by atoms with Crippen LogP contribution in [0.5, 0.6) is 0 Å². The number of aryl methyl sites for hydroxylation is 1. The molecule has 1 aromatic rings. The zero-order valence-corrected chi connectivity index (χ0v) is 8.71. The first-order valence-corrected chi connectivity index (χ1v) is 6.00. The second-order valence-electron chi connectivity index (χ2n) is 4.71. The number of aromatic nitrogens is 2. The molecule has 0 unspecified atom stereocenters. The molecule has 0 atom stereocenters. The Hall–Kier alpha value is -0.790. The van der Waals surface area contributed by atoms with Crippen LogP contribution in [-0.2, 0) is 13.0 Å². The van der Waals surface area contributed by atoms with Crippen LogP contribution in [0, 0.1) is 0 Å². The van der Waals surface area contributed by atoms with Gasteiger partial charge in [0.1, 0.15) is 0 Å². The topological polar surface area (TPSA) is 17.8 Å². The third kappa shape index (κ3) is 1.28. The molecule has 14 heavy (non-hydrogen) atoms. The molecule has 0 radical (unpaired) electrons. The molecular weight excluding hydrogens is 172 g/mol. The fraction of sp³-hybridized carbons (Fsp3) is 0.750. The Morgan fingerprint density at radius 3 is 2.86 bits per heavy atom. The summed E-state index contributed by atoms with van der Waals surface area (Å²) in [6, 6.07) is 0. The summed E-state index contributed by atoms with van der Waals surface area (Å²) >= 11 is 0. The summed E-state index contributed by atoms with van der Waals surface area (Å²) in [5.74, 6) is 0.844. The minimum Gasteiger partial charge on any atom is -0.269 e. The van der Waals surface area contributed by atoms with E-state index >= 15 is 0 Å². The van der Waals surface area contributed by atoms with Gasteiger partial charge in [-0.25, -0.2) is 0 Å². The molecule has 76 valence electrons. The third-order valence-electron chi connectivity index (χ3n) is 3.81. The predicted molar refractivity (Wildman–Crippen MR) is 56.4 cm³/mol. The van der Waals surface area contributed by atoms with Gasteiger partial charge in [0.05, 0.1) is 6.20 Å². The van der Waals surface area contributed by atoms with Crippen LogP contribution in [0.2, 0.25) is 0 Å². The zero-order valence-electron chi connectivity index (χ0n) is 8.71. The first kappa shape index (κ1) is 8.51. The Kier molecular flexibility index (Phi) is 2.07. The van der Waals surface area contributed by atoms with Crippen LogP contribution in [0.25, 0.3) is 0 Å². The van der Waals surface area contributed by atoms with E-state index in [1.54, 1.807) is 11.3 Å². The number of rotatable bonds is 1. The summed E-state index contributed by atoms with van der Waals surface area (Å²) in [6.07, 6.45) is 11.8. The van der Waals surface area contributed by atoms with E-state index in [1.807, 2.05) is 0 Å². The summed E-state index contributed by atoms with van der Waals surface area (Å²) in [5.41, 5.74) is 3.14. The van der Waals surface area contributed by atoms with E-state index in [2.05, 4.69) is 16.0 Å². The van der Waals surface area contributed by atoms with Crippen LogP contribution in [-0.4, -0.2) is 9.78 Å². The molecule has 2 nitrogen and oxygen atoms in total. The minimum atomic E-state index is 0.844. The van der Waals surface area contributed by atoms with Gasteiger partial charge in [0.15, 0.2) is 0 Å². The zero-order chi connectivity index (χ0) is 9.38. The molecule has 2 aliphatic rings. The van der Waals surface area contributed by atoms with Gasteiger partial charge in [-0.05, 0) is 43.6 Å². The SMILES string of the molecule is c1nn2c(c1C1CCCC1)CCCC2. The summed E-state index contributed by atoms with van der Waals surface area (Å²) in [5, 5.41) is 4.52. The fourth-order valence-electron chi connectivity index (χ4n) is 3.02. The maximum Gasteiger partial charge on any atom is 0.0527 e. The van der Waals surface area contributed by atoms with Crippen LogP contribution >= 0.6 is 0 Å². The average Bonchev–Trinajstić information content (AvgIpc) is 2.85. The predicted octanol–water partition coefficient (Wildman–Crippen LogP) is 2.88. The summed E-state index contributed by atoms with van der Waals surface area (Å²) in [6.45, 7) is 1.15. The van der Waals surface area contributed by atoms with E-state index in [1.165, 1.54) is 44.9 Å². The fourth-order valence-corrected chi connectivity index (χ4v) is 3.02. The van der Waals surface area contributed by atoms with E-state index in [4.69, 9.17) is 0 Å². The first-order valence-electron chi connectivity index (χ1n) is 6.00. The van der Waals surface area contributed by atoms with E-state index in [0.717, 1.165) is 12.5 Å². The average molecular weight is 190 g/mol. The molecule has 2 heteroatoms. The standard InChI is InChI=1S/C12H18N2/c1-2-6-10(5-1)11-9-13-14-8-4-3-7-12(11)14/h9-10H,1-8H2. The lowest BCUT2D eigenvalue weighted by atomic mass is 9.95. The molecule has 0 N–H and O–H groups in total. The highest BCUT2D eigenvalue weighted by molar-refractivity contribution is 5.24. The Balaban J connectivity index is 1.93. The molecule has 0 spiro atoms. The van der Waals surface area contributed by atoms with Crippen LogP contribution in [0.3, 0.4) is 0 Å². The highest BCUT2D eigenvalue weighted by Gasteiger charge is 2.23. The van der Waals surface area contributed by atoms with E-state index in [9.17, 15) is 0 Å². The molecule has 1 aliphatic carbocycles. The normalized spacial score (nSPS) is 22.6. The van der Waals surface area contributed by atoms with Gasteiger partial charge in [0.2, 0.25) is 0 Å². The van der Waals surface area contributed by atoms with Crippen LogP contribution < -0.4 is 0 Å². The van der Waals surface area contributed by atoms with Gasteiger partial charge < -0.3 is 0 Å². The van der Waals surface area contributed by atoms with Crippen molar-refractivity contribution in [2.24, 2.45) is 0 Å². The van der Waals surface area contributed by atoms with Crippen LogP contribution in [0.4, 0.5) is 0 Å². The van der Waals surface area contributed by atoms with Crippen molar-refractivity contribution in [2.75, 3.05) is 0 Å². The summed E-state index contributed by atoms with van der Waals surface area (Å²) in [7, 11) is 0. The molecule has 3 rings (SSSR count). The number of fused-ring (bicyclic) bond motifs is 1. The van der Waals surface area contributed by atoms with Crippen molar-refractivity contribution in [1.29, 1.82) is 0 Å². The Morgan fingerprint density at radius 2 is 2.00 bits per heavy atom. The Bertz CT molecular complexity index is 321. The molecule has 0 saturated heterocycles. The minimum absolute atomic E-state index is 0.844. The van der Waals surface area contributed by atoms with Crippen molar-refractivity contribution >= 4 is 0 Å². The van der Waals surface area contributed by atoms with Gasteiger partial charge >= 0.3 is 0 Å². The molecule has 1 saturated carbocycles. The van der Waals surface area contributed by atoms with Crippen molar-refractivity contribution in [1.82, 2.24) is 9.78 Å². The lowest BCUT2D eigenvalue weighted by molar-refractivity contribution is 0.482. The van der Waals surface area contributed by atoms with Gasteiger partial charge in [-0.2, -0.15) is 5.10 Å². The van der Waals surface area contributed by atoms with Gasteiger partial charge in [-0.1, -0.05) is 12.8 Å². The summed E-state index contributed by atoms with van der Waals surface area (Å²) in [4.78, 5) is 0. The van der Waals surface area contributed by atoms with Crippen LogP contribution in [0.15, 0.2) is 6.20 Å². The van der Waals surface area contributed by atoms with Gasteiger partial charge in [-0.3, -0.25) is 4.68 Å². The highest BCUT2D eigenvalue weighted by Crippen LogP contribution is 2.36. The number of hydrogen-bond acceptors (Lipinski definition) is 1. The van der Waals surface area contributed by atoms with Crippen molar-refractivity contribution in [3.05, 3.63) is 17.5 Å².